The second kappa shape index (κ2) is 9.88. The summed E-state index contributed by atoms with van der Waals surface area (Å²) in [5.41, 5.74) is 1.46. The minimum absolute atomic E-state index is 0.222. The molecule has 0 aromatic heterocycles. The molecule has 0 N–H and O–H groups in total. The second-order valence-corrected chi connectivity index (χ2v) is 9.16. The van der Waals surface area contributed by atoms with E-state index in [0.29, 0.717) is 12.0 Å². The Morgan fingerprint density at radius 2 is 1.71 bits per heavy atom. The normalized spacial score (nSPS) is 10.3. The Kier molecular flexibility index (Phi) is 8.17. The third-order valence-electron chi connectivity index (χ3n) is 2.91. The quantitative estimate of drug-likeness (QED) is 0.194. The Morgan fingerprint density at radius 3 is 2.38 bits per heavy atom. The summed E-state index contributed by atoms with van der Waals surface area (Å²) in [6, 6.07) is 11.5. The molecule has 2 rings (SSSR count). The summed E-state index contributed by atoms with van der Waals surface area (Å²) >= 11 is 4.44. The van der Waals surface area contributed by atoms with Gasteiger partial charge in [-0.1, -0.05) is 27.7 Å². The number of rotatable bonds is 7. The standard InChI is InChI=1S/C16H12I2O4S2/c1-21-16(20)13-5-4-12(18)7-15(13)24-23-14-6-11(17)3-2-10(14)8-22-9-19/h2-7,9H,8H2,1H3. The first-order chi connectivity index (χ1) is 11.5. The Hall–Kier alpha value is -0.460. The minimum Gasteiger partial charge on any atom is -0.465 e. The number of carbonyl (C=O) groups is 2. The molecule has 0 bridgehead atoms. The zero-order valence-corrected chi connectivity index (χ0v) is 18.4. The highest BCUT2D eigenvalue weighted by molar-refractivity contribution is 14.1. The number of benzene rings is 2. The van der Waals surface area contributed by atoms with Crippen LogP contribution in [0.4, 0.5) is 0 Å². The molecule has 0 saturated heterocycles. The van der Waals surface area contributed by atoms with Crippen LogP contribution in [-0.2, 0) is 20.9 Å². The molecule has 0 aliphatic rings. The van der Waals surface area contributed by atoms with Crippen molar-refractivity contribution in [2.45, 2.75) is 16.4 Å². The fraction of sp³-hybridized carbons (Fsp3) is 0.125. The van der Waals surface area contributed by atoms with Crippen molar-refractivity contribution in [3.8, 4) is 0 Å². The maximum atomic E-state index is 11.9. The summed E-state index contributed by atoms with van der Waals surface area (Å²) in [6.07, 6.45) is 0. The summed E-state index contributed by atoms with van der Waals surface area (Å²) in [5.74, 6) is -0.360. The fourth-order valence-corrected chi connectivity index (χ4v) is 5.61. The lowest BCUT2D eigenvalue weighted by atomic mass is 10.2. The van der Waals surface area contributed by atoms with E-state index in [-0.39, 0.29) is 12.6 Å². The van der Waals surface area contributed by atoms with Gasteiger partial charge in [0.15, 0.2) is 0 Å². The number of methoxy groups -OCH3 is 1. The van der Waals surface area contributed by atoms with Crippen molar-refractivity contribution in [2.75, 3.05) is 7.11 Å². The van der Waals surface area contributed by atoms with Gasteiger partial charge >= 0.3 is 5.97 Å². The lowest BCUT2D eigenvalue weighted by Crippen LogP contribution is -2.02. The predicted octanol–water partition coefficient (Wildman–Crippen LogP) is 5.15. The molecule has 2 aromatic rings. The molecule has 0 radical (unpaired) electrons. The van der Waals surface area contributed by atoms with E-state index in [1.54, 1.807) is 6.07 Å². The lowest BCUT2D eigenvalue weighted by Gasteiger charge is -2.11. The van der Waals surface area contributed by atoms with Gasteiger partial charge in [0.25, 0.3) is 6.47 Å². The number of halogens is 2. The van der Waals surface area contributed by atoms with Crippen molar-refractivity contribution in [1.82, 2.24) is 0 Å². The maximum Gasteiger partial charge on any atom is 0.339 e. The van der Waals surface area contributed by atoms with E-state index >= 15 is 0 Å². The Balaban J connectivity index is 2.24. The van der Waals surface area contributed by atoms with Crippen LogP contribution in [0, 0.1) is 7.14 Å². The highest BCUT2D eigenvalue weighted by atomic mass is 127. The van der Waals surface area contributed by atoms with Crippen LogP contribution in [0.15, 0.2) is 46.2 Å². The molecule has 0 aliphatic carbocycles. The first kappa shape index (κ1) is 19.9. The number of hydrogen-bond donors (Lipinski definition) is 0. The third kappa shape index (κ3) is 5.53. The fourth-order valence-electron chi connectivity index (χ4n) is 1.78. The number of esters is 1. The van der Waals surface area contributed by atoms with Crippen molar-refractivity contribution in [3.63, 3.8) is 0 Å². The van der Waals surface area contributed by atoms with Gasteiger partial charge in [0.1, 0.15) is 6.61 Å². The molecule has 126 valence electrons. The molecular formula is C16H12I2O4S2. The van der Waals surface area contributed by atoms with Crippen LogP contribution in [0.5, 0.6) is 0 Å². The van der Waals surface area contributed by atoms with E-state index in [4.69, 9.17) is 9.47 Å². The topological polar surface area (TPSA) is 52.6 Å². The highest BCUT2D eigenvalue weighted by Gasteiger charge is 2.14. The smallest absolute Gasteiger partial charge is 0.339 e. The maximum absolute atomic E-state index is 11.9. The average Bonchev–Trinajstić information content (AvgIpc) is 2.58. The summed E-state index contributed by atoms with van der Waals surface area (Å²) in [4.78, 5) is 24.2. The molecule has 0 saturated carbocycles. The molecule has 2 aromatic carbocycles. The van der Waals surface area contributed by atoms with Crippen LogP contribution in [0.3, 0.4) is 0 Å². The van der Waals surface area contributed by atoms with Gasteiger partial charge in [-0.3, -0.25) is 4.79 Å². The highest BCUT2D eigenvalue weighted by Crippen LogP contribution is 2.41. The summed E-state index contributed by atoms with van der Waals surface area (Å²) in [6.45, 7) is 0.661. The van der Waals surface area contributed by atoms with Crippen LogP contribution in [0.25, 0.3) is 0 Å². The molecule has 0 amide bonds. The van der Waals surface area contributed by atoms with Crippen molar-refractivity contribution < 1.29 is 19.1 Å². The van der Waals surface area contributed by atoms with E-state index in [0.717, 1.165) is 22.5 Å². The number of ether oxygens (including phenoxy) is 2. The SMILES string of the molecule is COC(=O)c1ccc(I)cc1SSc1cc(I)ccc1COC=O. The van der Waals surface area contributed by atoms with Crippen LogP contribution in [-0.4, -0.2) is 19.6 Å². The molecule has 0 aliphatic heterocycles. The van der Waals surface area contributed by atoms with Gasteiger partial charge in [-0.25, -0.2) is 4.79 Å². The Labute approximate surface area is 175 Å². The zero-order valence-electron chi connectivity index (χ0n) is 12.5. The molecular weight excluding hydrogens is 574 g/mol. The van der Waals surface area contributed by atoms with E-state index in [1.807, 2.05) is 30.3 Å². The molecule has 8 heteroatoms. The molecule has 0 spiro atoms. The Morgan fingerprint density at radius 1 is 1.08 bits per heavy atom. The molecule has 0 heterocycles. The van der Waals surface area contributed by atoms with Gasteiger partial charge in [-0.2, -0.15) is 0 Å². The largest absolute Gasteiger partial charge is 0.465 e. The monoisotopic (exact) mass is 586 g/mol. The summed E-state index contributed by atoms with van der Waals surface area (Å²) in [5, 5.41) is 0. The molecule has 0 fully saturated rings. The van der Waals surface area contributed by atoms with Gasteiger partial charge in [-0.05, 0) is 75.5 Å². The molecule has 0 atom stereocenters. The van der Waals surface area contributed by atoms with E-state index in [1.165, 1.54) is 28.7 Å². The third-order valence-corrected chi connectivity index (χ3v) is 6.74. The van der Waals surface area contributed by atoms with Gasteiger partial charge in [0.2, 0.25) is 0 Å². The van der Waals surface area contributed by atoms with E-state index in [9.17, 15) is 9.59 Å². The molecule has 4 nitrogen and oxygen atoms in total. The van der Waals surface area contributed by atoms with Gasteiger partial charge in [0, 0.05) is 22.5 Å². The average molecular weight is 586 g/mol. The van der Waals surface area contributed by atoms with Crippen molar-refractivity contribution in [3.05, 3.63) is 54.7 Å². The lowest BCUT2D eigenvalue weighted by molar-refractivity contribution is -0.129. The van der Waals surface area contributed by atoms with Gasteiger partial charge < -0.3 is 9.47 Å². The van der Waals surface area contributed by atoms with Crippen molar-refractivity contribution >= 4 is 79.2 Å². The predicted molar refractivity (Wildman–Crippen MR) is 112 cm³/mol. The van der Waals surface area contributed by atoms with Crippen LogP contribution < -0.4 is 0 Å². The minimum atomic E-state index is -0.360. The first-order valence-corrected chi connectivity index (χ1v) is 10.9. The van der Waals surface area contributed by atoms with Gasteiger partial charge in [0.05, 0.1) is 12.7 Å². The second-order valence-electron chi connectivity index (χ2n) is 4.46. The van der Waals surface area contributed by atoms with Crippen LogP contribution in [0.2, 0.25) is 0 Å². The van der Waals surface area contributed by atoms with Crippen molar-refractivity contribution in [2.24, 2.45) is 0 Å². The number of hydrogen-bond acceptors (Lipinski definition) is 6. The van der Waals surface area contributed by atoms with E-state index < -0.39 is 0 Å². The van der Waals surface area contributed by atoms with Crippen LogP contribution in [0.1, 0.15) is 15.9 Å². The summed E-state index contributed by atoms with van der Waals surface area (Å²) < 4.78 is 11.8. The molecule has 0 unspecified atom stereocenters. The first-order valence-electron chi connectivity index (χ1n) is 6.61. The zero-order chi connectivity index (χ0) is 17.5. The van der Waals surface area contributed by atoms with E-state index in [2.05, 4.69) is 45.2 Å². The molecule has 24 heavy (non-hydrogen) atoms. The Bertz CT molecular complexity index is 753. The summed E-state index contributed by atoms with van der Waals surface area (Å²) in [7, 11) is 4.37. The van der Waals surface area contributed by atoms with Gasteiger partial charge in [-0.15, -0.1) is 0 Å². The van der Waals surface area contributed by atoms with Crippen molar-refractivity contribution in [1.29, 1.82) is 0 Å². The number of carbonyl (C=O) groups excluding carboxylic acids is 2. The van der Waals surface area contributed by atoms with Crippen LogP contribution >= 0.6 is 66.8 Å².